The molecule has 2 aromatic rings. The number of nitrogens with one attached hydrogen (secondary N) is 1. The fourth-order valence-corrected chi connectivity index (χ4v) is 1.99. The number of benzene rings is 2. The standard InChI is InChI=1S/C17H18N2O4/c1-22-14-8-13(9-15(23-2)17(14)21)11-18-19-16(20)10-12-6-4-3-5-7-12/h3-9,11,21H,10H2,1-2H3,(H,19,20). The Morgan fingerprint density at radius 3 is 2.35 bits per heavy atom. The molecule has 0 heterocycles. The molecule has 2 aromatic carbocycles. The van der Waals surface area contributed by atoms with Crippen LogP contribution in [0.4, 0.5) is 0 Å². The number of aromatic hydroxyl groups is 1. The molecule has 0 atom stereocenters. The predicted octanol–water partition coefficient (Wildman–Crippen LogP) is 2.10. The summed E-state index contributed by atoms with van der Waals surface area (Å²) in [5.41, 5.74) is 3.99. The maximum absolute atomic E-state index is 11.8. The van der Waals surface area contributed by atoms with Crippen LogP contribution in [0.3, 0.4) is 0 Å². The molecule has 2 N–H and O–H groups in total. The predicted molar refractivity (Wildman–Crippen MR) is 87.1 cm³/mol. The Balaban J connectivity index is 2.01. The molecule has 0 fully saturated rings. The molecule has 0 unspecified atom stereocenters. The van der Waals surface area contributed by atoms with Crippen LogP contribution in [0.1, 0.15) is 11.1 Å². The topological polar surface area (TPSA) is 80.2 Å². The van der Waals surface area contributed by atoms with Crippen molar-refractivity contribution in [2.45, 2.75) is 6.42 Å². The van der Waals surface area contributed by atoms with E-state index in [-0.39, 0.29) is 29.6 Å². The second-order valence-electron chi connectivity index (χ2n) is 4.73. The van der Waals surface area contributed by atoms with Gasteiger partial charge < -0.3 is 14.6 Å². The van der Waals surface area contributed by atoms with E-state index in [2.05, 4.69) is 10.5 Å². The van der Waals surface area contributed by atoms with Gasteiger partial charge in [0.05, 0.1) is 26.9 Å². The number of hydrogen-bond acceptors (Lipinski definition) is 5. The van der Waals surface area contributed by atoms with Gasteiger partial charge in [0.2, 0.25) is 11.7 Å². The van der Waals surface area contributed by atoms with Crippen LogP contribution in [0.25, 0.3) is 0 Å². The van der Waals surface area contributed by atoms with E-state index in [1.165, 1.54) is 20.4 Å². The van der Waals surface area contributed by atoms with Gasteiger partial charge in [-0.15, -0.1) is 0 Å². The summed E-state index contributed by atoms with van der Waals surface area (Å²) in [7, 11) is 2.88. The van der Waals surface area contributed by atoms with E-state index >= 15 is 0 Å². The van der Waals surface area contributed by atoms with Crippen LogP contribution in [0.15, 0.2) is 47.6 Å². The SMILES string of the molecule is COc1cc(C=NNC(=O)Cc2ccccc2)cc(OC)c1O. The van der Waals surface area contributed by atoms with Crippen LogP contribution in [0.2, 0.25) is 0 Å². The van der Waals surface area contributed by atoms with Gasteiger partial charge in [-0.3, -0.25) is 4.79 Å². The fraction of sp³-hybridized carbons (Fsp3) is 0.176. The number of hydrogen-bond donors (Lipinski definition) is 2. The highest BCUT2D eigenvalue weighted by Crippen LogP contribution is 2.36. The van der Waals surface area contributed by atoms with Gasteiger partial charge in [-0.2, -0.15) is 5.10 Å². The van der Waals surface area contributed by atoms with Crippen LogP contribution < -0.4 is 14.9 Å². The number of rotatable bonds is 6. The van der Waals surface area contributed by atoms with Crippen molar-refractivity contribution in [3.05, 3.63) is 53.6 Å². The molecule has 2 rings (SSSR count). The number of ether oxygens (including phenoxy) is 2. The lowest BCUT2D eigenvalue weighted by molar-refractivity contribution is -0.120. The Bertz CT molecular complexity index is 674. The second-order valence-corrected chi connectivity index (χ2v) is 4.73. The summed E-state index contributed by atoms with van der Waals surface area (Å²) in [6.07, 6.45) is 1.70. The summed E-state index contributed by atoms with van der Waals surface area (Å²) in [5.74, 6) is 0.230. The lowest BCUT2D eigenvalue weighted by atomic mass is 10.1. The molecule has 1 amide bonds. The molecule has 6 heteroatoms. The quantitative estimate of drug-likeness (QED) is 0.632. The van der Waals surface area contributed by atoms with E-state index in [9.17, 15) is 9.90 Å². The fourth-order valence-electron chi connectivity index (χ4n) is 1.99. The van der Waals surface area contributed by atoms with Crippen LogP contribution >= 0.6 is 0 Å². The summed E-state index contributed by atoms with van der Waals surface area (Å²) in [6, 6.07) is 12.6. The van der Waals surface area contributed by atoms with Gasteiger partial charge in [0.1, 0.15) is 0 Å². The van der Waals surface area contributed by atoms with E-state index in [0.29, 0.717) is 5.56 Å². The molecule has 6 nitrogen and oxygen atoms in total. The van der Waals surface area contributed by atoms with E-state index in [1.807, 2.05) is 30.3 Å². The Hall–Kier alpha value is -3.02. The molecule has 0 aliphatic carbocycles. The third-order valence-corrected chi connectivity index (χ3v) is 3.11. The highest BCUT2D eigenvalue weighted by molar-refractivity contribution is 5.84. The van der Waals surface area contributed by atoms with Gasteiger partial charge in [0, 0.05) is 5.56 Å². The van der Waals surface area contributed by atoms with Crippen molar-refractivity contribution in [2.24, 2.45) is 5.10 Å². The van der Waals surface area contributed by atoms with Crippen molar-refractivity contribution in [1.29, 1.82) is 0 Å². The number of hydrazone groups is 1. The summed E-state index contributed by atoms with van der Waals surface area (Å²) in [4.78, 5) is 11.8. The minimum absolute atomic E-state index is 0.0831. The molecule has 0 spiro atoms. The highest BCUT2D eigenvalue weighted by atomic mass is 16.5. The van der Waals surface area contributed by atoms with Gasteiger partial charge in [0.15, 0.2) is 11.5 Å². The maximum atomic E-state index is 11.8. The number of phenols is 1. The molecule has 120 valence electrons. The van der Waals surface area contributed by atoms with Gasteiger partial charge in [0.25, 0.3) is 0 Å². The van der Waals surface area contributed by atoms with Crippen LogP contribution in [-0.4, -0.2) is 31.4 Å². The number of amides is 1. The lowest BCUT2D eigenvalue weighted by Crippen LogP contribution is -2.19. The number of methoxy groups -OCH3 is 2. The third kappa shape index (κ3) is 4.47. The van der Waals surface area contributed by atoms with Gasteiger partial charge in [-0.05, 0) is 17.7 Å². The Morgan fingerprint density at radius 1 is 1.17 bits per heavy atom. The summed E-state index contributed by atoms with van der Waals surface area (Å²) < 4.78 is 10.1. The minimum Gasteiger partial charge on any atom is -0.502 e. The van der Waals surface area contributed by atoms with Crippen molar-refractivity contribution < 1.29 is 19.4 Å². The average Bonchev–Trinajstić information content (AvgIpc) is 2.57. The Kier molecular flexibility index (Phi) is 5.57. The molecule has 0 aliphatic heterocycles. The zero-order valence-electron chi connectivity index (χ0n) is 12.9. The van der Waals surface area contributed by atoms with Gasteiger partial charge in [-0.25, -0.2) is 5.43 Å². The summed E-state index contributed by atoms with van der Waals surface area (Å²) in [6.45, 7) is 0. The lowest BCUT2D eigenvalue weighted by Gasteiger charge is -2.09. The van der Waals surface area contributed by atoms with Crippen LogP contribution in [-0.2, 0) is 11.2 Å². The Labute approximate surface area is 134 Å². The van der Waals surface area contributed by atoms with Gasteiger partial charge in [-0.1, -0.05) is 30.3 Å². The first-order valence-corrected chi connectivity index (χ1v) is 6.95. The Morgan fingerprint density at radius 2 is 1.78 bits per heavy atom. The highest BCUT2D eigenvalue weighted by Gasteiger charge is 2.10. The zero-order chi connectivity index (χ0) is 16.7. The van der Waals surface area contributed by atoms with Crippen molar-refractivity contribution in [1.82, 2.24) is 5.43 Å². The minimum atomic E-state index is -0.217. The van der Waals surface area contributed by atoms with Crippen LogP contribution in [0, 0.1) is 0 Å². The monoisotopic (exact) mass is 314 g/mol. The van der Waals surface area contributed by atoms with E-state index in [4.69, 9.17) is 9.47 Å². The van der Waals surface area contributed by atoms with Crippen LogP contribution in [0.5, 0.6) is 17.2 Å². The second kappa shape index (κ2) is 7.84. The maximum Gasteiger partial charge on any atom is 0.244 e. The molecular formula is C17H18N2O4. The molecular weight excluding hydrogens is 296 g/mol. The number of phenolic OH excluding ortho intramolecular Hbond substituents is 1. The smallest absolute Gasteiger partial charge is 0.244 e. The molecule has 0 saturated carbocycles. The molecule has 0 aromatic heterocycles. The molecule has 0 saturated heterocycles. The van der Waals surface area contributed by atoms with E-state index in [1.54, 1.807) is 12.1 Å². The summed E-state index contributed by atoms with van der Waals surface area (Å²) >= 11 is 0. The van der Waals surface area contributed by atoms with Crippen molar-refractivity contribution in [2.75, 3.05) is 14.2 Å². The molecule has 23 heavy (non-hydrogen) atoms. The third-order valence-electron chi connectivity index (χ3n) is 3.11. The normalized spacial score (nSPS) is 10.5. The molecule has 0 aliphatic rings. The average molecular weight is 314 g/mol. The van der Waals surface area contributed by atoms with E-state index in [0.717, 1.165) is 5.56 Å². The number of carbonyl (C=O) groups is 1. The first-order valence-electron chi connectivity index (χ1n) is 6.95. The molecule has 0 bridgehead atoms. The number of carbonyl (C=O) groups excluding carboxylic acids is 1. The summed E-state index contributed by atoms with van der Waals surface area (Å²) in [5, 5.41) is 13.7. The van der Waals surface area contributed by atoms with Gasteiger partial charge >= 0.3 is 0 Å². The first-order chi connectivity index (χ1) is 11.1. The van der Waals surface area contributed by atoms with Crippen molar-refractivity contribution in [3.63, 3.8) is 0 Å². The van der Waals surface area contributed by atoms with E-state index < -0.39 is 0 Å². The number of nitrogens with zero attached hydrogens (tertiary/aromatic N) is 1. The first kappa shape index (κ1) is 16.4. The zero-order valence-corrected chi connectivity index (χ0v) is 12.9. The van der Waals surface area contributed by atoms with Crippen molar-refractivity contribution in [3.8, 4) is 17.2 Å². The molecule has 0 radical (unpaired) electrons. The van der Waals surface area contributed by atoms with Crippen molar-refractivity contribution >= 4 is 12.1 Å². The largest absolute Gasteiger partial charge is 0.502 e.